The lowest BCUT2D eigenvalue weighted by Gasteiger charge is -2.10. The maximum Gasteiger partial charge on any atom is 0.202 e. The number of aliphatic hydroxyl groups excluding tert-OH is 2. The summed E-state index contributed by atoms with van der Waals surface area (Å²) in [7, 11) is -3.72. The Bertz CT molecular complexity index is 182. The number of rotatable bonds is 3. The lowest BCUT2D eigenvalue weighted by atomic mass is 10.5. The van der Waals surface area contributed by atoms with Crippen LogP contribution in [0.2, 0.25) is 0 Å². The molecule has 0 saturated carbocycles. The van der Waals surface area contributed by atoms with Crippen LogP contribution in [0.15, 0.2) is 0 Å². The first-order chi connectivity index (χ1) is 4.42. The van der Waals surface area contributed by atoms with E-state index in [-0.39, 0.29) is 6.42 Å². The van der Waals surface area contributed by atoms with Crippen LogP contribution in [0.1, 0.15) is 20.3 Å². The molecule has 0 bridgehead atoms. The van der Waals surface area contributed by atoms with E-state index in [1.807, 2.05) is 0 Å². The van der Waals surface area contributed by atoms with E-state index in [2.05, 4.69) is 0 Å². The molecule has 2 N–H and O–H groups in total. The van der Waals surface area contributed by atoms with E-state index in [4.69, 9.17) is 10.2 Å². The van der Waals surface area contributed by atoms with Gasteiger partial charge in [0.25, 0.3) is 0 Å². The molecule has 0 aromatic carbocycles. The largest absolute Gasteiger partial charge is 0.377 e. The Hall–Kier alpha value is -0.130. The van der Waals surface area contributed by atoms with Crippen LogP contribution in [0.5, 0.6) is 0 Å². The molecule has 0 aromatic heterocycles. The molecule has 0 fully saturated rings. The average Bonchev–Trinajstić information content (AvgIpc) is 1.86. The number of hydrogen-bond acceptors (Lipinski definition) is 4. The summed E-state index contributed by atoms with van der Waals surface area (Å²) in [5.41, 5.74) is -2.92. The summed E-state index contributed by atoms with van der Waals surface area (Å²) in [5.74, 6) is 0. The maximum atomic E-state index is 10.8. The van der Waals surface area contributed by atoms with Crippen molar-refractivity contribution < 1.29 is 18.6 Å². The Kier molecular flexibility index (Phi) is 3.27. The molecule has 5 heteroatoms. The van der Waals surface area contributed by atoms with E-state index >= 15 is 0 Å². The number of aliphatic hydroxyl groups is 2. The third-order valence-electron chi connectivity index (χ3n) is 1.20. The van der Waals surface area contributed by atoms with Crippen molar-refractivity contribution in [1.29, 1.82) is 0 Å². The maximum absolute atomic E-state index is 10.8. The molecule has 0 aliphatic heterocycles. The minimum absolute atomic E-state index is 0.104. The zero-order valence-electron chi connectivity index (χ0n) is 5.98. The van der Waals surface area contributed by atoms with Gasteiger partial charge in [0.05, 0.1) is 0 Å². The summed E-state index contributed by atoms with van der Waals surface area (Å²) in [4.78, 5) is 0. The molecule has 0 aliphatic rings. The summed E-state index contributed by atoms with van der Waals surface area (Å²) < 4.78 is 21.5. The standard InChI is InChI=1S/C5H12O4S/c1-3-5(7)10(8,9)4(2)6/h4-7H,3H2,1-2H3. The van der Waals surface area contributed by atoms with Gasteiger partial charge >= 0.3 is 0 Å². The molecule has 62 valence electrons. The highest BCUT2D eigenvalue weighted by Gasteiger charge is 2.25. The topological polar surface area (TPSA) is 74.6 Å². The molecule has 0 saturated heterocycles. The first kappa shape index (κ1) is 9.87. The highest BCUT2D eigenvalue weighted by Crippen LogP contribution is 2.07. The van der Waals surface area contributed by atoms with Crippen molar-refractivity contribution in [2.24, 2.45) is 0 Å². The second kappa shape index (κ2) is 3.32. The Morgan fingerprint density at radius 3 is 1.90 bits per heavy atom. The van der Waals surface area contributed by atoms with E-state index in [9.17, 15) is 8.42 Å². The van der Waals surface area contributed by atoms with Crippen LogP contribution in [0.25, 0.3) is 0 Å². The molecule has 0 rings (SSSR count). The molecule has 2 unspecified atom stereocenters. The molecular weight excluding hydrogens is 156 g/mol. The van der Waals surface area contributed by atoms with Crippen molar-refractivity contribution in [3.05, 3.63) is 0 Å². The molecule has 10 heavy (non-hydrogen) atoms. The normalized spacial score (nSPS) is 18.4. The van der Waals surface area contributed by atoms with Crippen molar-refractivity contribution >= 4 is 9.84 Å². The number of sulfone groups is 1. The predicted octanol–water partition coefficient (Wildman–Crippen LogP) is -0.532. The molecule has 2 atom stereocenters. The fraction of sp³-hybridized carbons (Fsp3) is 1.00. The summed E-state index contributed by atoms with van der Waals surface area (Å²) in [6.07, 6.45) is 0.104. The molecule has 0 aliphatic carbocycles. The Morgan fingerprint density at radius 1 is 1.40 bits per heavy atom. The lowest BCUT2D eigenvalue weighted by Crippen LogP contribution is -2.29. The van der Waals surface area contributed by atoms with Crippen molar-refractivity contribution in [2.75, 3.05) is 0 Å². The Labute approximate surface area is 60.4 Å². The van der Waals surface area contributed by atoms with Gasteiger partial charge in [-0.15, -0.1) is 0 Å². The van der Waals surface area contributed by atoms with Gasteiger partial charge in [-0.3, -0.25) is 0 Å². The van der Waals surface area contributed by atoms with Crippen LogP contribution >= 0.6 is 0 Å². The van der Waals surface area contributed by atoms with Crippen LogP contribution in [-0.4, -0.2) is 29.5 Å². The van der Waals surface area contributed by atoms with Crippen molar-refractivity contribution in [2.45, 2.75) is 31.1 Å². The molecule has 0 spiro atoms. The molecule has 0 aromatic rings. The van der Waals surface area contributed by atoms with Crippen LogP contribution in [-0.2, 0) is 9.84 Å². The van der Waals surface area contributed by atoms with Crippen molar-refractivity contribution in [3.8, 4) is 0 Å². The first-order valence-electron chi connectivity index (χ1n) is 3.01. The van der Waals surface area contributed by atoms with Gasteiger partial charge < -0.3 is 10.2 Å². The summed E-state index contributed by atoms with van der Waals surface area (Å²) in [6, 6.07) is 0. The zero-order chi connectivity index (χ0) is 8.36. The lowest BCUT2D eigenvalue weighted by molar-refractivity contribution is 0.217. The van der Waals surface area contributed by atoms with Gasteiger partial charge in [-0.1, -0.05) is 6.92 Å². The highest BCUT2D eigenvalue weighted by molar-refractivity contribution is 7.92. The van der Waals surface area contributed by atoms with Crippen molar-refractivity contribution in [1.82, 2.24) is 0 Å². The second-order valence-electron chi connectivity index (χ2n) is 2.05. The monoisotopic (exact) mass is 168 g/mol. The van der Waals surface area contributed by atoms with Crippen LogP contribution in [0.4, 0.5) is 0 Å². The van der Waals surface area contributed by atoms with Gasteiger partial charge in [0.15, 0.2) is 10.9 Å². The quantitative estimate of drug-likeness (QED) is 0.594. The van der Waals surface area contributed by atoms with Gasteiger partial charge in [-0.25, -0.2) is 8.42 Å². The molecular formula is C5H12O4S. The van der Waals surface area contributed by atoms with Crippen molar-refractivity contribution in [3.63, 3.8) is 0 Å². The van der Waals surface area contributed by atoms with Crippen LogP contribution in [0, 0.1) is 0 Å². The predicted molar refractivity (Wildman–Crippen MR) is 36.9 cm³/mol. The van der Waals surface area contributed by atoms with E-state index in [1.165, 1.54) is 6.92 Å². The zero-order valence-corrected chi connectivity index (χ0v) is 6.80. The van der Waals surface area contributed by atoms with Gasteiger partial charge in [0.1, 0.15) is 0 Å². The Balaban J connectivity index is 4.42. The van der Waals surface area contributed by atoms with Gasteiger partial charge in [0, 0.05) is 0 Å². The fourth-order valence-corrected chi connectivity index (χ4v) is 1.38. The van der Waals surface area contributed by atoms with Gasteiger partial charge in [0.2, 0.25) is 9.84 Å². The fourth-order valence-electron chi connectivity index (χ4n) is 0.460. The smallest absolute Gasteiger partial charge is 0.202 e. The highest BCUT2D eigenvalue weighted by atomic mass is 32.2. The minimum Gasteiger partial charge on any atom is -0.377 e. The second-order valence-corrected chi connectivity index (χ2v) is 4.46. The molecule has 0 heterocycles. The van der Waals surface area contributed by atoms with Gasteiger partial charge in [-0.05, 0) is 13.3 Å². The average molecular weight is 168 g/mol. The van der Waals surface area contributed by atoms with E-state index in [0.717, 1.165) is 6.92 Å². The molecule has 4 nitrogen and oxygen atoms in total. The minimum atomic E-state index is -3.72. The third-order valence-corrected chi connectivity index (χ3v) is 3.25. The van der Waals surface area contributed by atoms with Crippen LogP contribution < -0.4 is 0 Å². The number of hydrogen-bond donors (Lipinski definition) is 2. The third kappa shape index (κ3) is 1.93. The van der Waals surface area contributed by atoms with E-state index < -0.39 is 20.7 Å². The van der Waals surface area contributed by atoms with Gasteiger partial charge in [-0.2, -0.15) is 0 Å². The summed E-state index contributed by atoms with van der Waals surface area (Å²) >= 11 is 0. The van der Waals surface area contributed by atoms with E-state index in [0.29, 0.717) is 0 Å². The molecule has 0 radical (unpaired) electrons. The molecule has 0 amide bonds. The Morgan fingerprint density at radius 2 is 1.80 bits per heavy atom. The summed E-state index contributed by atoms with van der Waals surface area (Å²) in [6.45, 7) is 2.65. The summed E-state index contributed by atoms with van der Waals surface area (Å²) in [5, 5.41) is 17.4. The SMILES string of the molecule is CCC(O)S(=O)(=O)C(C)O. The first-order valence-corrected chi connectivity index (χ1v) is 4.62. The van der Waals surface area contributed by atoms with Crippen LogP contribution in [0.3, 0.4) is 0 Å². The van der Waals surface area contributed by atoms with E-state index in [1.54, 1.807) is 0 Å².